The number of amides is 3. The third kappa shape index (κ3) is 5.10. The molecule has 2 heterocycles. The van der Waals surface area contributed by atoms with E-state index in [4.69, 9.17) is 27.9 Å². The van der Waals surface area contributed by atoms with Crippen LogP contribution in [0.5, 0.6) is 5.75 Å². The van der Waals surface area contributed by atoms with E-state index in [1.807, 2.05) is 30.5 Å². The number of nitrogens with zero attached hydrogens (tertiary/aromatic N) is 2. The molecular formula is C25H21Cl2N3O4S. The number of nitrogens with one attached hydrogen (secondary N) is 1. The molecule has 7 nitrogen and oxygen atoms in total. The van der Waals surface area contributed by atoms with Crippen LogP contribution in [-0.2, 0) is 9.59 Å². The number of carbonyl (C=O) groups is 3. The molecule has 2 aromatic carbocycles. The smallest absolute Gasteiger partial charge is 0.294 e. The Labute approximate surface area is 216 Å². The Hall–Kier alpha value is -3.20. The van der Waals surface area contributed by atoms with E-state index in [-0.39, 0.29) is 4.91 Å². The Morgan fingerprint density at radius 1 is 1.09 bits per heavy atom. The van der Waals surface area contributed by atoms with Crippen molar-refractivity contribution in [3.8, 4) is 11.4 Å². The molecule has 0 atom stereocenters. The van der Waals surface area contributed by atoms with Crippen LogP contribution in [0.1, 0.15) is 17.0 Å². The van der Waals surface area contributed by atoms with Crippen molar-refractivity contribution >= 4 is 63.8 Å². The second kappa shape index (κ2) is 10.2. The summed E-state index contributed by atoms with van der Waals surface area (Å²) in [7, 11) is 1.49. The number of ether oxygens (including phenoxy) is 1. The molecule has 1 N–H and O–H groups in total. The average Bonchev–Trinajstić information content (AvgIpc) is 3.25. The molecule has 0 spiro atoms. The fourth-order valence-electron chi connectivity index (χ4n) is 3.81. The van der Waals surface area contributed by atoms with Crippen molar-refractivity contribution in [3.05, 3.63) is 80.4 Å². The zero-order chi connectivity index (χ0) is 25.3. The third-order valence-electron chi connectivity index (χ3n) is 5.47. The summed E-state index contributed by atoms with van der Waals surface area (Å²) in [5.41, 5.74) is 3.84. The lowest BCUT2D eigenvalue weighted by Crippen LogP contribution is -2.36. The van der Waals surface area contributed by atoms with Gasteiger partial charge in [-0.2, -0.15) is 0 Å². The molecule has 180 valence electrons. The topological polar surface area (TPSA) is 80.6 Å². The molecule has 1 aliphatic rings. The summed E-state index contributed by atoms with van der Waals surface area (Å²) < 4.78 is 7.20. The highest BCUT2D eigenvalue weighted by atomic mass is 35.5. The highest BCUT2D eigenvalue weighted by molar-refractivity contribution is 8.18. The van der Waals surface area contributed by atoms with E-state index in [1.165, 1.54) is 7.11 Å². The molecular weight excluding hydrogens is 509 g/mol. The van der Waals surface area contributed by atoms with Gasteiger partial charge in [0.2, 0.25) is 5.91 Å². The second-order valence-corrected chi connectivity index (χ2v) is 9.58. The SMILES string of the molecule is COc1ccccc1NC(=O)CN1C(=O)S/C(=C\c2cc(C)n(-c3ccc(Cl)c(Cl)c3)c2C)C1=O. The highest BCUT2D eigenvalue weighted by Crippen LogP contribution is 2.34. The number of anilines is 1. The van der Waals surface area contributed by atoms with E-state index < -0.39 is 23.6 Å². The lowest BCUT2D eigenvalue weighted by Gasteiger charge is -2.14. The number of hydrogen-bond donors (Lipinski definition) is 1. The van der Waals surface area contributed by atoms with Gasteiger partial charge in [-0.15, -0.1) is 0 Å². The van der Waals surface area contributed by atoms with E-state index in [2.05, 4.69) is 5.32 Å². The maximum Gasteiger partial charge on any atom is 0.294 e. The van der Waals surface area contributed by atoms with Crippen LogP contribution < -0.4 is 10.1 Å². The van der Waals surface area contributed by atoms with Crippen molar-refractivity contribution in [2.45, 2.75) is 13.8 Å². The van der Waals surface area contributed by atoms with Crippen molar-refractivity contribution in [3.63, 3.8) is 0 Å². The first-order chi connectivity index (χ1) is 16.7. The van der Waals surface area contributed by atoms with E-state index in [1.54, 1.807) is 42.5 Å². The van der Waals surface area contributed by atoms with Crippen molar-refractivity contribution < 1.29 is 19.1 Å². The van der Waals surface area contributed by atoms with E-state index in [9.17, 15) is 14.4 Å². The number of halogens is 2. The third-order valence-corrected chi connectivity index (χ3v) is 7.12. The summed E-state index contributed by atoms with van der Waals surface area (Å²) in [5, 5.41) is 3.07. The number of imide groups is 1. The van der Waals surface area contributed by atoms with E-state index in [0.717, 1.165) is 39.3 Å². The minimum Gasteiger partial charge on any atom is -0.495 e. The standard InChI is InChI=1S/C25H21Cl2N3O4S/c1-14-10-16(15(2)30(14)17-8-9-18(26)19(27)12-17)11-22-24(32)29(25(33)35-22)13-23(31)28-20-6-4-5-7-21(20)34-3/h4-12H,13H2,1-3H3,(H,28,31)/b22-11-. The number of methoxy groups -OCH3 is 1. The maximum absolute atomic E-state index is 13.0. The van der Waals surface area contributed by atoms with Gasteiger partial charge >= 0.3 is 0 Å². The fraction of sp³-hybridized carbons (Fsp3) is 0.160. The summed E-state index contributed by atoms with van der Waals surface area (Å²) in [6.07, 6.45) is 1.67. The summed E-state index contributed by atoms with van der Waals surface area (Å²) in [4.78, 5) is 39.2. The van der Waals surface area contributed by atoms with Crippen LogP contribution in [0.25, 0.3) is 11.8 Å². The van der Waals surface area contributed by atoms with Crippen LogP contribution in [0.2, 0.25) is 10.0 Å². The Bertz CT molecular complexity index is 1380. The number of benzene rings is 2. The minimum atomic E-state index is -0.519. The molecule has 1 aromatic heterocycles. The largest absolute Gasteiger partial charge is 0.495 e. The van der Waals surface area contributed by atoms with Crippen LogP contribution in [-0.4, -0.2) is 40.2 Å². The molecule has 4 rings (SSSR count). The molecule has 3 aromatic rings. The summed E-state index contributed by atoms with van der Waals surface area (Å²) in [5.74, 6) is -0.544. The average molecular weight is 530 g/mol. The van der Waals surface area contributed by atoms with Gasteiger partial charge in [-0.05, 0) is 73.6 Å². The van der Waals surface area contributed by atoms with Crippen LogP contribution in [0.15, 0.2) is 53.4 Å². The van der Waals surface area contributed by atoms with Gasteiger partial charge in [0.1, 0.15) is 12.3 Å². The van der Waals surface area contributed by atoms with Gasteiger partial charge in [0.05, 0.1) is 27.7 Å². The molecule has 0 bridgehead atoms. The Balaban J connectivity index is 1.54. The van der Waals surface area contributed by atoms with Gasteiger partial charge in [0.25, 0.3) is 11.1 Å². The van der Waals surface area contributed by atoms with Gasteiger partial charge in [-0.25, -0.2) is 0 Å². The molecule has 10 heteroatoms. The molecule has 3 amide bonds. The quantitative estimate of drug-likeness (QED) is 0.391. The molecule has 1 saturated heterocycles. The number of hydrogen-bond acceptors (Lipinski definition) is 5. The van der Waals surface area contributed by atoms with Crippen molar-refractivity contribution in [2.75, 3.05) is 19.0 Å². The molecule has 0 aliphatic carbocycles. The fourth-order valence-corrected chi connectivity index (χ4v) is 4.94. The van der Waals surface area contributed by atoms with Crippen LogP contribution in [0.3, 0.4) is 0 Å². The van der Waals surface area contributed by atoms with Gasteiger partial charge < -0.3 is 14.6 Å². The summed E-state index contributed by atoms with van der Waals surface area (Å²) in [6, 6.07) is 14.2. The first kappa shape index (κ1) is 24.9. The number of aromatic nitrogens is 1. The zero-order valence-corrected chi connectivity index (χ0v) is 21.4. The highest BCUT2D eigenvalue weighted by Gasteiger charge is 2.36. The second-order valence-electron chi connectivity index (χ2n) is 7.78. The first-order valence-electron chi connectivity index (χ1n) is 10.5. The predicted molar refractivity (Wildman–Crippen MR) is 140 cm³/mol. The molecule has 1 aliphatic heterocycles. The molecule has 1 fully saturated rings. The predicted octanol–water partition coefficient (Wildman–Crippen LogP) is 6.08. The number of rotatable bonds is 6. The lowest BCUT2D eigenvalue weighted by molar-refractivity contribution is -0.127. The number of carbonyl (C=O) groups excluding carboxylic acids is 3. The van der Waals surface area contributed by atoms with Crippen LogP contribution in [0.4, 0.5) is 10.5 Å². The monoisotopic (exact) mass is 529 g/mol. The van der Waals surface area contributed by atoms with Crippen LogP contribution >= 0.6 is 35.0 Å². The van der Waals surface area contributed by atoms with Gasteiger partial charge in [0.15, 0.2) is 0 Å². The summed E-state index contributed by atoms with van der Waals surface area (Å²) >= 11 is 13.0. The van der Waals surface area contributed by atoms with Crippen molar-refractivity contribution in [1.82, 2.24) is 9.47 Å². The normalized spacial score (nSPS) is 14.7. The molecule has 0 saturated carbocycles. The summed E-state index contributed by atoms with van der Waals surface area (Å²) in [6.45, 7) is 3.44. The van der Waals surface area contributed by atoms with E-state index >= 15 is 0 Å². The van der Waals surface area contributed by atoms with Gasteiger partial charge in [-0.1, -0.05) is 35.3 Å². The number of aryl methyl sites for hydroxylation is 1. The number of para-hydroxylation sites is 2. The molecule has 35 heavy (non-hydrogen) atoms. The van der Waals surface area contributed by atoms with Crippen molar-refractivity contribution in [2.24, 2.45) is 0 Å². The van der Waals surface area contributed by atoms with Gasteiger partial charge in [0, 0.05) is 17.1 Å². The van der Waals surface area contributed by atoms with Crippen molar-refractivity contribution in [1.29, 1.82) is 0 Å². The number of thioether (sulfide) groups is 1. The molecule has 0 radical (unpaired) electrons. The van der Waals surface area contributed by atoms with Gasteiger partial charge in [-0.3, -0.25) is 19.3 Å². The minimum absolute atomic E-state index is 0.245. The zero-order valence-electron chi connectivity index (χ0n) is 19.1. The first-order valence-corrected chi connectivity index (χ1v) is 12.1. The molecule has 0 unspecified atom stereocenters. The Kier molecular flexibility index (Phi) is 7.25. The Morgan fingerprint density at radius 3 is 2.54 bits per heavy atom. The van der Waals surface area contributed by atoms with E-state index in [0.29, 0.717) is 21.5 Å². The maximum atomic E-state index is 13.0. The lowest BCUT2D eigenvalue weighted by atomic mass is 10.2. The van der Waals surface area contributed by atoms with Crippen LogP contribution in [0, 0.1) is 13.8 Å². The Morgan fingerprint density at radius 2 is 1.83 bits per heavy atom.